The van der Waals surface area contributed by atoms with E-state index in [9.17, 15) is 10.1 Å². The summed E-state index contributed by atoms with van der Waals surface area (Å²) in [6.07, 6.45) is 3.18. The number of guanidine groups is 1. The Balaban J connectivity index is 1.79. The maximum absolute atomic E-state index is 11.1. The first-order valence-corrected chi connectivity index (χ1v) is 10.3. The lowest BCUT2D eigenvalue weighted by atomic mass is 10.1. The molecule has 1 heterocycles. The van der Waals surface area contributed by atoms with Crippen LogP contribution in [0.1, 0.15) is 26.2 Å². The van der Waals surface area contributed by atoms with Crippen LogP contribution in [0.4, 0.5) is 11.4 Å². The number of ether oxygens (including phenoxy) is 2. The number of hydrogen-bond donors (Lipinski definition) is 2. The monoisotopic (exact) mass is 407 g/mol. The zero-order valence-corrected chi connectivity index (χ0v) is 17.4. The third-order valence-corrected chi connectivity index (χ3v) is 4.71. The van der Waals surface area contributed by atoms with Gasteiger partial charge in [0.05, 0.1) is 17.6 Å². The molecule has 1 aromatic rings. The van der Waals surface area contributed by atoms with Gasteiger partial charge in [-0.15, -0.1) is 0 Å². The summed E-state index contributed by atoms with van der Waals surface area (Å²) < 4.78 is 11.0. The number of para-hydroxylation sites is 2. The number of likely N-dealkylation sites (tertiary alicyclic amines) is 1. The predicted octanol–water partition coefficient (Wildman–Crippen LogP) is 2.49. The first-order valence-electron chi connectivity index (χ1n) is 10.3. The number of anilines is 1. The molecule has 1 fully saturated rings. The highest BCUT2D eigenvalue weighted by Gasteiger charge is 2.21. The van der Waals surface area contributed by atoms with Gasteiger partial charge in [-0.25, -0.2) is 0 Å². The summed E-state index contributed by atoms with van der Waals surface area (Å²) in [4.78, 5) is 17.6. The van der Waals surface area contributed by atoms with Crippen molar-refractivity contribution in [2.24, 2.45) is 4.99 Å². The normalized spacial score (nSPS) is 15.4. The van der Waals surface area contributed by atoms with Gasteiger partial charge in [0.1, 0.15) is 5.69 Å². The van der Waals surface area contributed by atoms with Gasteiger partial charge in [-0.05, 0) is 32.3 Å². The molecule has 9 nitrogen and oxygen atoms in total. The number of nitro benzene ring substituents is 1. The molecule has 1 aromatic carbocycles. The molecule has 1 saturated heterocycles. The molecule has 9 heteroatoms. The molecular formula is C20H33N5O4. The van der Waals surface area contributed by atoms with Crippen molar-refractivity contribution in [2.45, 2.75) is 32.3 Å². The average Bonchev–Trinajstić information content (AvgIpc) is 2.74. The fourth-order valence-electron chi connectivity index (χ4n) is 3.25. The molecule has 0 aliphatic carbocycles. The van der Waals surface area contributed by atoms with E-state index < -0.39 is 0 Å². The molecule has 0 bridgehead atoms. The molecular weight excluding hydrogens is 374 g/mol. The second kappa shape index (κ2) is 12.9. The van der Waals surface area contributed by atoms with Crippen LogP contribution in [0, 0.1) is 10.1 Å². The van der Waals surface area contributed by atoms with Gasteiger partial charge < -0.3 is 25.0 Å². The minimum Gasteiger partial charge on any atom is -0.385 e. The standard InChI is InChI=1S/C20H33N5O4/c1-3-21-20(24-13-9-17(10-14-24)29-16-6-15-28-2)23-12-11-22-18-7-4-5-8-19(18)25(26)27/h4-5,7-8,17,22H,3,6,9-16H2,1-2H3,(H,21,23). The van der Waals surface area contributed by atoms with Gasteiger partial charge in [-0.1, -0.05) is 12.1 Å². The predicted molar refractivity (Wildman–Crippen MR) is 115 cm³/mol. The number of benzene rings is 1. The Labute approximate surface area is 172 Å². The van der Waals surface area contributed by atoms with Crippen molar-refractivity contribution in [1.82, 2.24) is 10.2 Å². The van der Waals surface area contributed by atoms with Crippen molar-refractivity contribution in [3.63, 3.8) is 0 Å². The number of aliphatic imine (C=N–C) groups is 1. The van der Waals surface area contributed by atoms with E-state index in [2.05, 4.69) is 20.5 Å². The molecule has 1 aliphatic heterocycles. The highest BCUT2D eigenvalue weighted by molar-refractivity contribution is 5.80. The molecule has 0 saturated carbocycles. The molecule has 0 radical (unpaired) electrons. The van der Waals surface area contributed by atoms with Crippen molar-refractivity contribution in [3.05, 3.63) is 34.4 Å². The lowest BCUT2D eigenvalue weighted by molar-refractivity contribution is -0.384. The number of nitrogens with one attached hydrogen (secondary N) is 2. The van der Waals surface area contributed by atoms with Crippen LogP contribution in [0.25, 0.3) is 0 Å². The number of piperidine rings is 1. The molecule has 2 rings (SSSR count). The van der Waals surface area contributed by atoms with Crippen molar-refractivity contribution in [2.75, 3.05) is 58.4 Å². The van der Waals surface area contributed by atoms with E-state index in [0.29, 0.717) is 24.9 Å². The molecule has 162 valence electrons. The van der Waals surface area contributed by atoms with E-state index in [4.69, 9.17) is 9.47 Å². The Morgan fingerprint density at radius 1 is 1.31 bits per heavy atom. The van der Waals surface area contributed by atoms with Gasteiger partial charge in [-0.2, -0.15) is 0 Å². The molecule has 0 spiro atoms. The molecule has 0 unspecified atom stereocenters. The molecule has 29 heavy (non-hydrogen) atoms. The summed E-state index contributed by atoms with van der Waals surface area (Å²) in [6, 6.07) is 6.65. The van der Waals surface area contributed by atoms with Gasteiger partial charge in [0.2, 0.25) is 0 Å². The van der Waals surface area contributed by atoms with E-state index in [-0.39, 0.29) is 10.6 Å². The number of hydrogen-bond acceptors (Lipinski definition) is 6. The highest BCUT2D eigenvalue weighted by atomic mass is 16.6. The van der Waals surface area contributed by atoms with E-state index in [0.717, 1.165) is 58.1 Å². The maximum Gasteiger partial charge on any atom is 0.292 e. The molecule has 0 aromatic heterocycles. The number of nitro groups is 1. The van der Waals surface area contributed by atoms with Crippen LogP contribution >= 0.6 is 0 Å². The quantitative estimate of drug-likeness (QED) is 0.191. The van der Waals surface area contributed by atoms with Gasteiger partial charge in [0.15, 0.2) is 5.96 Å². The fraction of sp³-hybridized carbons (Fsp3) is 0.650. The Morgan fingerprint density at radius 2 is 2.07 bits per heavy atom. The lowest BCUT2D eigenvalue weighted by Gasteiger charge is -2.34. The number of methoxy groups -OCH3 is 1. The third kappa shape index (κ3) is 7.86. The first kappa shape index (κ1) is 22.9. The van der Waals surface area contributed by atoms with Crippen LogP contribution in [-0.2, 0) is 9.47 Å². The minimum absolute atomic E-state index is 0.0796. The van der Waals surface area contributed by atoms with E-state index in [1.54, 1.807) is 25.3 Å². The summed E-state index contributed by atoms with van der Waals surface area (Å²) in [5.41, 5.74) is 0.597. The van der Waals surface area contributed by atoms with Crippen LogP contribution in [-0.4, -0.2) is 74.9 Å². The third-order valence-electron chi connectivity index (χ3n) is 4.71. The van der Waals surface area contributed by atoms with Crippen molar-refractivity contribution < 1.29 is 14.4 Å². The second-order valence-electron chi connectivity index (χ2n) is 6.84. The van der Waals surface area contributed by atoms with Crippen LogP contribution in [0.2, 0.25) is 0 Å². The summed E-state index contributed by atoms with van der Waals surface area (Å²) >= 11 is 0. The Bertz CT molecular complexity index is 648. The van der Waals surface area contributed by atoms with Crippen molar-refractivity contribution in [3.8, 4) is 0 Å². The summed E-state index contributed by atoms with van der Waals surface area (Å²) in [6.45, 7) is 7.17. The number of rotatable bonds is 11. The fourth-order valence-corrected chi connectivity index (χ4v) is 3.25. The van der Waals surface area contributed by atoms with Crippen LogP contribution in [0.5, 0.6) is 0 Å². The van der Waals surface area contributed by atoms with Crippen molar-refractivity contribution in [1.29, 1.82) is 0 Å². The van der Waals surface area contributed by atoms with Crippen molar-refractivity contribution >= 4 is 17.3 Å². The largest absolute Gasteiger partial charge is 0.385 e. The molecule has 1 aliphatic rings. The highest BCUT2D eigenvalue weighted by Crippen LogP contribution is 2.22. The Hall–Kier alpha value is -2.39. The summed E-state index contributed by atoms with van der Waals surface area (Å²) in [5, 5.41) is 17.5. The number of nitrogens with zero attached hydrogens (tertiary/aromatic N) is 3. The van der Waals surface area contributed by atoms with Gasteiger partial charge in [-0.3, -0.25) is 15.1 Å². The zero-order valence-electron chi connectivity index (χ0n) is 17.4. The Kier molecular flexibility index (Phi) is 10.2. The molecule has 0 amide bonds. The van der Waals surface area contributed by atoms with Crippen LogP contribution in [0.15, 0.2) is 29.3 Å². The van der Waals surface area contributed by atoms with Crippen LogP contribution in [0.3, 0.4) is 0 Å². The van der Waals surface area contributed by atoms with E-state index in [1.807, 2.05) is 6.92 Å². The molecule has 2 N–H and O–H groups in total. The topological polar surface area (TPSA) is 101 Å². The average molecular weight is 408 g/mol. The summed E-state index contributed by atoms with van der Waals surface area (Å²) in [5.74, 6) is 0.884. The Morgan fingerprint density at radius 3 is 2.76 bits per heavy atom. The van der Waals surface area contributed by atoms with E-state index in [1.165, 1.54) is 6.07 Å². The van der Waals surface area contributed by atoms with Crippen LogP contribution < -0.4 is 10.6 Å². The minimum atomic E-state index is -0.378. The SMILES string of the molecule is CCNC(=NCCNc1ccccc1[N+](=O)[O-])N1CCC(OCCCOC)CC1. The van der Waals surface area contributed by atoms with Gasteiger partial charge in [0, 0.05) is 52.6 Å². The zero-order chi connectivity index (χ0) is 20.9. The lowest BCUT2D eigenvalue weighted by Crippen LogP contribution is -2.47. The van der Waals surface area contributed by atoms with E-state index >= 15 is 0 Å². The second-order valence-corrected chi connectivity index (χ2v) is 6.84. The summed E-state index contributed by atoms with van der Waals surface area (Å²) in [7, 11) is 1.71. The molecule has 0 atom stereocenters. The van der Waals surface area contributed by atoms with Gasteiger partial charge >= 0.3 is 0 Å². The first-order chi connectivity index (χ1) is 14.2. The maximum atomic E-state index is 11.1. The van der Waals surface area contributed by atoms with Gasteiger partial charge in [0.25, 0.3) is 5.69 Å². The smallest absolute Gasteiger partial charge is 0.292 e.